The summed E-state index contributed by atoms with van der Waals surface area (Å²) in [5, 5.41) is 6.46. The van der Waals surface area contributed by atoms with Crippen LogP contribution in [0.5, 0.6) is 0 Å². The first kappa shape index (κ1) is 12.2. The molecule has 0 radical (unpaired) electrons. The Kier molecular flexibility index (Phi) is 4.25. The molecule has 2 N–H and O–H groups in total. The van der Waals surface area contributed by atoms with E-state index in [1.165, 1.54) is 19.2 Å². The van der Waals surface area contributed by atoms with E-state index in [0.717, 1.165) is 19.5 Å². The Morgan fingerprint density at radius 2 is 2.41 bits per heavy atom. The van der Waals surface area contributed by atoms with Gasteiger partial charge in [-0.2, -0.15) is 0 Å². The van der Waals surface area contributed by atoms with Gasteiger partial charge in [0, 0.05) is 12.6 Å². The Morgan fingerprint density at radius 1 is 1.53 bits per heavy atom. The van der Waals surface area contributed by atoms with Crippen molar-refractivity contribution in [3.63, 3.8) is 0 Å². The normalized spacial score (nSPS) is 19.5. The van der Waals surface area contributed by atoms with Gasteiger partial charge in [-0.15, -0.1) is 0 Å². The number of nitrogens with one attached hydrogen (secondary N) is 2. The molecule has 1 aromatic rings. The summed E-state index contributed by atoms with van der Waals surface area (Å²) in [5.74, 6) is 0.0178. The highest BCUT2D eigenvalue weighted by atomic mass is 19.1. The SMILES string of the molecule is CCc1ncnc(NCC[C@H]2CCCN2)c1F. The fraction of sp³-hybridized carbons (Fsp3) is 0.667. The number of aromatic nitrogens is 2. The number of halogens is 1. The first-order valence-electron chi connectivity index (χ1n) is 6.28. The van der Waals surface area contributed by atoms with Gasteiger partial charge < -0.3 is 10.6 Å². The molecule has 0 aromatic carbocycles. The van der Waals surface area contributed by atoms with E-state index in [-0.39, 0.29) is 5.82 Å². The van der Waals surface area contributed by atoms with Crippen LogP contribution in [0, 0.1) is 5.82 Å². The van der Waals surface area contributed by atoms with E-state index in [2.05, 4.69) is 20.6 Å². The maximum absolute atomic E-state index is 13.8. The zero-order valence-corrected chi connectivity index (χ0v) is 10.2. The molecule has 2 heterocycles. The summed E-state index contributed by atoms with van der Waals surface area (Å²) < 4.78 is 13.8. The van der Waals surface area contributed by atoms with Crippen molar-refractivity contribution in [2.75, 3.05) is 18.4 Å². The summed E-state index contributed by atoms with van der Waals surface area (Å²) >= 11 is 0. The molecule has 4 nitrogen and oxygen atoms in total. The molecule has 0 unspecified atom stereocenters. The van der Waals surface area contributed by atoms with E-state index in [9.17, 15) is 4.39 Å². The molecular formula is C12H19FN4. The van der Waals surface area contributed by atoms with Crippen molar-refractivity contribution in [2.24, 2.45) is 0 Å². The molecule has 94 valence electrons. The fourth-order valence-electron chi connectivity index (χ4n) is 2.14. The zero-order chi connectivity index (χ0) is 12.1. The Labute approximate surface area is 101 Å². The Balaban J connectivity index is 1.85. The predicted molar refractivity (Wildman–Crippen MR) is 65.5 cm³/mol. The standard InChI is InChI=1S/C12H19FN4/c1-2-10-11(13)12(17-8-16-10)15-7-5-9-4-3-6-14-9/h8-9,14H,2-7H2,1H3,(H,15,16,17)/t9-/m1/s1. The van der Waals surface area contributed by atoms with Gasteiger partial charge in [0.2, 0.25) is 0 Å². The topological polar surface area (TPSA) is 49.8 Å². The lowest BCUT2D eigenvalue weighted by Crippen LogP contribution is -2.24. The van der Waals surface area contributed by atoms with Crippen LogP contribution in [0.4, 0.5) is 10.2 Å². The third kappa shape index (κ3) is 3.12. The average molecular weight is 238 g/mol. The van der Waals surface area contributed by atoms with Crippen LogP contribution in [0.2, 0.25) is 0 Å². The molecule has 1 saturated heterocycles. The van der Waals surface area contributed by atoms with Crippen LogP contribution in [0.1, 0.15) is 31.9 Å². The number of nitrogens with zero attached hydrogens (tertiary/aromatic N) is 2. The quantitative estimate of drug-likeness (QED) is 0.820. The molecule has 0 saturated carbocycles. The summed E-state index contributed by atoms with van der Waals surface area (Å²) in [7, 11) is 0. The predicted octanol–water partition coefficient (Wildman–Crippen LogP) is 1.73. The van der Waals surface area contributed by atoms with E-state index in [4.69, 9.17) is 0 Å². The third-order valence-electron chi connectivity index (χ3n) is 3.14. The van der Waals surface area contributed by atoms with Gasteiger partial charge in [-0.1, -0.05) is 6.92 Å². The van der Waals surface area contributed by atoms with Crippen LogP contribution in [0.3, 0.4) is 0 Å². The second-order valence-corrected chi connectivity index (χ2v) is 4.35. The molecule has 0 spiro atoms. The molecule has 0 amide bonds. The summed E-state index contributed by atoms with van der Waals surface area (Å²) in [6.45, 7) is 3.74. The third-order valence-corrected chi connectivity index (χ3v) is 3.14. The minimum atomic E-state index is -0.311. The van der Waals surface area contributed by atoms with Crippen molar-refractivity contribution in [3.05, 3.63) is 17.8 Å². The van der Waals surface area contributed by atoms with Crippen molar-refractivity contribution in [1.82, 2.24) is 15.3 Å². The lowest BCUT2D eigenvalue weighted by atomic mass is 10.1. The summed E-state index contributed by atoms with van der Waals surface area (Å²) in [6.07, 6.45) is 5.47. The van der Waals surface area contributed by atoms with Gasteiger partial charge in [0.05, 0.1) is 5.69 Å². The van der Waals surface area contributed by atoms with Crippen molar-refractivity contribution < 1.29 is 4.39 Å². The highest BCUT2D eigenvalue weighted by Crippen LogP contribution is 2.14. The van der Waals surface area contributed by atoms with Crippen LogP contribution < -0.4 is 10.6 Å². The lowest BCUT2D eigenvalue weighted by Gasteiger charge is -2.12. The fourth-order valence-corrected chi connectivity index (χ4v) is 2.14. The summed E-state index contributed by atoms with van der Waals surface area (Å²) in [6, 6.07) is 0.568. The van der Waals surface area contributed by atoms with Crippen molar-refractivity contribution in [3.8, 4) is 0 Å². The first-order chi connectivity index (χ1) is 8.31. The van der Waals surface area contributed by atoms with E-state index < -0.39 is 0 Å². The minimum Gasteiger partial charge on any atom is -0.367 e. The van der Waals surface area contributed by atoms with Crippen molar-refractivity contribution in [1.29, 1.82) is 0 Å². The van der Waals surface area contributed by atoms with Gasteiger partial charge in [-0.3, -0.25) is 0 Å². The van der Waals surface area contributed by atoms with E-state index in [1.54, 1.807) is 0 Å². The van der Waals surface area contributed by atoms with Gasteiger partial charge in [0.1, 0.15) is 6.33 Å². The van der Waals surface area contributed by atoms with Gasteiger partial charge >= 0.3 is 0 Å². The second-order valence-electron chi connectivity index (χ2n) is 4.35. The lowest BCUT2D eigenvalue weighted by molar-refractivity contribution is 0.567. The van der Waals surface area contributed by atoms with Crippen LogP contribution in [-0.2, 0) is 6.42 Å². The molecule has 1 fully saturated rings. The molecule has 1 aliphatic rings. The van der Waals surface area contributed by atoms with Gasteiger partial charge in [0.25, 0.3) is 0 Å². The molecule has 5 heteroatoms. The number of hydrogen-bond donors (Lipinski definition) is 2. The van der Waals surface area contributed by atoms with Gasteiger partial charge in [-0.25, -0.2) is 14.4 Å². The summed E-state index contributed by atoms with van der Waals surface area (Å²) in [5.41, 5.74) is 0.474. The second kappa shape index (κ2) is 5.91. The number of aryl methyl sites for hydroxylation is 1. The number of anilines is 1. The Hall–Kier alpha value is -1.23. The van der Waals surface area contributed by atoms with Gasteiger partial charge in [-0.05, 0) is 32.2 Å². The van der Waals surface area contributed by atoms with E-state index in [0.29, 0.717) is 24.0 Å². The van der Waals surface area contributed by atoms with Gasteiger partial charge in [0.15, 0.2) is 11.6 Å². The molecular weight excluding hydrogens is 219 g/mol. The first-order valence-corrected chi connectivity index (χ1v) is 6.28. The Morgan fingerprint density at radius 3 is 3.12 bits per heavy atom. The minimum absolute atomic E-state index is 0.311. The maximum Gasteiger partial charge on any atom is 0.186 e. The highest BCUT2D eigenvalue weighted by molar-refractivity contribution is 5.37. The monoisotopic (exact) mass is 238 g/mol. The smallest absolute Gasteiger partial charge is 0.186 e. The molecule has 2 rings (SSSR count). The molecule has 1 atom stereocenters. The average Bonchev–Trinajstić information content (AvgIpc) is 2.84. The number of hydrogen-bond acceptors (Lipinski definition) is 4. The molecule has 0 bridgehead atoms. The summed E-state index contributed by atoms with van der Waals surface area (Å²) in [4.78, 5) is 7.84. The van der Waals surface area contributed by atoms with Crippen LogP contribution in [0.25, 0.3) is 0 Å². The van der Waals surface area contributed by atoms with E-state index >= 15 is 0 Å². The molecule has 1 aromatic heterocycles. The Bertz CT molecular complexity index is 364. The maximum atomic E-state index is 13.8. The zero-order valence-electron chi connectivity index (χ0n) is 10.2. The number of rotatable bonds is 5. The van der Waals surface area contributed by atoms with E-state index in [1.807, 2.05) is 6.92 Å². The van der Waals surface area contributed by atoms with Crippen molar-refractivity contribution in [2.45, 2.75) is 38.6 Å². The van der Waals surface area contributed by atoms with Crippen molar-refractivity contribution >= 4 is 5.82 Å². The van der Waals surface area contributed by atoms with Crippen LogP contribution >= 0.6 is 0 Å². The van der Waals surface area contributed by atoms with Crippen LogP contribution in [0.15, 0.2) is 6.33 Å². The van der Waals surface area contributed by atoms with Crippen LogP contribution in [-0.4, -0.2) is 29.1 Å². The molecule has 1 aliphatic heterocycles. The molecule has 17 heavy (non-hydrogen) atoms. The largest absolute Gasteiger partial charge is 0.367 e. The highest BCUT2D eigenvalue weighted by Gasteiger charge is 2.14. The molecule has 0 aliphatic carbocycles.